The van der Waals surface area contributed by atoms with Gasteiger partial charge >= 0.3 is 0 Å². The third-order valence-electron chi connectivity index (χ3n) is 4.74. The Morgan fingerprint density at radius 1 is 0.968 bits per heavy atom. The number of hydrogen-bond donors (Lipinski definition) is 0. The number of carbonyl (C=O) groups is 2. The lowest BCUT2D eigenvalue weighted by atomic mass is 10.1. The monoisotopic (exact) mass is 418 g/mol. The minimum atomic E-state index is 0.0485. The number of aryl methyl sites for hydroxylation is 1. The van der Waals surface area contributed by atoms with Crippen LogP contribution in [0.15, 0.2) is 54.9 Å². The number of Topliss-reactive ketones (excluding diaryl/α,β-unsaturated/α-hetero) is 1. The maximum atomic E-state index is 11.3. The first-order valence-electron chi connectivity index (χ1n) is 10.2. The molecule has 7 nitrogen and oxygen atoms in total. The number of pyridine rings is 1. The molecule has 0 aliphatic heterocycles. The summed E-state index contributed by atoms with van der Waals surface area (Å²) in [4.78, 5) is 37.5. The molecule has 2 aromatic heterocycles. The Balaban J connectivity index is 1.62. The van der Waals surface area contributed by atoms with E-state index < -0.39 is 0 Å². The molecule has 31 heavy (non-hydrogen) atoms. The van der Waals surface area contributed by atoms with Crippen LogP contribution in [0.5, 0.6) is 11.6 Å². The molecule has 0 spiro atoms. The van der Waals surface area contributed by atoms with E-state index in [0.29, 0.717) is 31.0 Å². The third-order valence-corrected chi connectivity index (χ3v) is 4.74. The van der Waals surface area contributed by atoms with E-state index in [4.69, 9.17) is 4.74 Å². The highest BCUT2D eigenvalue weighted by molar-refractivity contribution is 5.78. The summed E-state index contributed by atoms with van der Waals surface area (Å²) in [5, 5.41) is 0. The molecular formula is C24H26N4O3. The minimum Gasteiger partial charge on any atom is -0.437 e. The number of ketones is 1. The van der Waals surface area contributed by atoms with Crippen LogP contribution in [-0.2, 0) is 22.4 Å². The molecule has 1 amide bonds. The van der Waals surface area contributed by atoms with E-state index in [1.807, 2.05) is 42.5 Å². The number of benzene rings is 1. The number of hydrogen-bond acceptors (Lipinski definition) is 6. The summed E-state index contributed by atoms with van der Waals surface area (Å²) in [6.45, 7) is 3.78. The van der Waals surface area contributed by atoms with Crippen molar-refractivity contribution in [3.05, 3.63) is 66.2 Å². The van der Waals surface area contributed by atoms with Gasteiger partial charge in [0.2, 0.25) is 11.8 Å². The molecule has 160 valence electrons. The Hall–Kier alpha value is -3.61. The normalized spacial score (nSPS) is 10.5. The first-order valence-corrected chi connectivity index (χ1v) is 10.2. The second kappa shape index (κ2) is 10.4. The molecule has 1 aromatic carbocycles. The van der Waals surface area contributed by atoms with Crippen molar-refractivity contribution in [2.75, 3.05) is 13.6 Å². The van der Waals surface area contributed by atoms with Gasteiger partial charge in [0.25, 0.3) is 0 Å². The molecule has 0 saturated heterocycles. The average Bonchev–Trinajstić information content (AvgIpc) is 2.74. The summed E-state index contributed by atoms with van der Waals surface area (Å²) in [6.07, 6.45) is 5.13. The fourth-order valence-corrected chi connectivity index (χ4v) is 3.02. The van der Waals surface area contributed by atoms with E-state index in [-0.39, 0.29) is 11.7 Å². The van der Waals surface area contributed by atoms with E-state index in [2.05, 4.69) is 15.0 Å². The van der Waals surface area contributed by atoms with E-state index in [1.54, 1.807) is 38.2 Å². The van der Waals surface area contributed by atoms with Gasteiger partial charge in [-0.1, -0.05) is 6.07 Å². The van der Waals surface area contributed by atoms with Crippen molar-refractivity contribution < 1.29 is 14.3 Å². The quantitative estimate of drug-likeness (QED) is 0.524. The van der Waals surface area contributed by atoms with Crippen molar-refractivity contribution in [3.63, 3.8) is 0 Å². The Morgan fingerprint density at radius 3 is 2.45 bits per heavy atom. The molecule has 0 bridgehead atoms. The summed E-state index contributed by atoms with van der Waals surface area (Å²) < 4.78 is 5.85. The summed E-state index contributed by atoms with van der Waals surface area (Å²) in [7, 11) is 1.78. The third kappa shape index (κ3) is 6.70. The van der Waals surface area contributed by atoms with Crippen LogP contribution in [0.2, 0.25) is 0 Å². The molecule has 0 aliphatic carbocycles. The second-order valence-corrected chi connectivity index (χ2v) is 7.41. The first-order chi connectivity index (χ1) is 14.9. The van der Waals surface area contributed by atoms with Gasteiger partial charge in [-0.2, -0.15) is 0 Å². The number of nitrogens with zero attached hydrogens (tertiary/aromatic N) is 4. The van der Waals surface area contributed by atoms with Crippen LogP contribution < -0.4 is 4.74 Å². The van der Waals surface area contributed by atoms with Gasteiger partial charge in [-0.3, -0.25) is 19.6 Å². The predicted molar refractivity (Wildman–Crippen MR) is 118 cm³/mol. The van der Waals surface area contributed by atoms with Gasteiger partial charge in [0.15, 0.2) is 0 Å². The highest BCUT2D eigenvalue weighted by Crippen LogP contribution is 2.24. The Bertz CT molecular complexity index is 1050. The zero-order chi connectivity index (χ0) is 22.2. The fourth-order valence-electron chi connectivity index (χ4n) is 3.02. The maximum Gasteiger partial charge on any atom is 0.238 e. The van der Waals surface area contributed by atoms with E-state index in [0.717, 1.165) is 29.1 Å². The zero-order valence-electron chi connectivity index (χ0n) is 18.0. The number of ether oxygens (including phenoxy) is 1. The van der Waals surface area contributed by atoms with E-state index in [9.17, 15) is 9.59 Å². The molecule has 0 unspecified atom stereocenters. The van der Waals surface area contributed by atoms with Crippen molar-refractivity contribution >= 4 is 11.7 Å². The van der Waals surface area contributed by atoms with Gasteiger partial charge in [0.05, 0.1) is 17.6 Å². The average molecular weight is 418 g/mol. The maximum absolute atomic E-state index is 11.3. The highest BCUT2D eigenvalue weighted by Gasteiger charge is 2.07. The van der Waals surface area contributed by atoms with Crippen LogP contribution in [-0.4, -0.2) is 45.1 Å². The van der Waals surface area contributed by atoms with Gasteiger partial charge in [0.1, 0.15) is 11.5 Å². The van der Waals surface area contributed by atoms with Crippen molar-refractivity contribution in [1.29, 1.82) is 0 Å². The van der Waals surface area contributed by atoms with Gasteiger partial charge in [-0.25, -0.2) is 4.98 Å². The van der Waals surface area contributed by atoms with Crippen LogP contribution in [0, 0.1) is 0 Å². The van der Waals surface area contributed by atoms with Crippen molar-refractivity contribution in [2.45, 2.75) is 33.1 Å². The summed E-state index contributed by atoms with van der Waals surface area (Å²) in [5.41, 5.74) is 3.32. The number of carbonyl (C=O) groups excluding carboxylic acids is 2. The molecule has 7 heteroatoms. The Kier molecular flexibility index (Phi) is 7.43. The molecule has 2 heterocycles. The van der Waals surface area contributed by atoms with Gasteiger partial charge in [-0.05, 0) is 56.2 Å². The van der Waals surface area contributed by atoms with Crippen molar-refractivity contribution in [1.82, 2.24) is 19.9 Å². The molecule has 0 N–H and O–H groups in total. The lowest BCUT2D eigenvalue weighted by Crippen LogP contribution is -2.25. The number of rotatable bonds is 9. The lowest BCUT2D eigenvalue weighted by molar-refractivity contribution is -0.127. The Morgan fingerprint density at radius 2 is 1.74 bits per heavy atom. The van der Waals surface area contributed by atoms with Gasteiger partial charge in [0, 0.05) is 44.4 Å². The van der Waals surface area contributed by atoms with Crippen LogP contribution >= 0.6 is 0 Å². The molecule has 3 aromatic rings. The molecule has 0 aliphatic rings. The van der Waals surface area contributed by atoms with Crippen LogP contribution in [0.3, 0.4) is 0 Å². The van der Waals surface area contributed by atoms with E-state index >= 15 is 0 Å². The Labute approximate surface area is 182 Å². The van der Waals surface area contributed by atoms with Crippen LogP contribution in [0.1, 0.15) is 31.7 Å². The minimum absolute atomic E-state index is 0.0485. The van der Waals surface area contributed by atoms with Crippen molar-refractivity contribution in [2.24, 2.45) is 0 Å². The summed E-state index contributed by atoms with van der Waals surface area (Å²) in [6, 6.07) is 13.2. The highest BCUT2D eigenvalue weighted by atomic mass is 16.5. The van der Waals surface area contributed by atoms with Crippen LogP contribution in [0.4, 0.5) is 0 Å². The largest absolute Gasteiger partial charge is 0.437 e. The van der Waals surface area contributed by atoms with Gasteiger partial charge < -0.3 is 9.64 Å². The molecule has 0 fully saturated rings. The van der Waals surface area contributed by atoms with E-state index in [1.165, 1.54) is 0 Å². The van der Waals surface area contributed by atoms with Gasteiger partial charge in [-0.15, -0.1) is 0 Å². The summed E-state index contributed by atoms with van der Waals surface area (Å²) >= 11 is 0. The van der Waals surface area contributed by atoms with Crippen LogP contribution in [0.25, 0.3) is 11.3 Å². The molecule has 0 saturated carbocycles. The zero-order valence-corrected chi connectivity index (χ0v) is 18.0. The topological polar surface area (TPSA) is 85.3 Å². The standard InChI is InChI=1S/C24H26N4O3/c1-17(29)14-20-6-4-8-23(26-20)19-9-11-22(12-10-19)31-24-16-25-15-21(27-24)7-5-13-28(3)18(2)30/h4,6,8-12,15-16H,5,7,13-14H2,1-3H3. The number of amides is 1. The second-order valence-electron chi connectivity index (χ2n) is 7.41. The first kappa shape index (κ1) is 22.1. The number of aromatic nitrogens is 3. The lowest BCUT2D eigenvalue weighted by Gasteiger charge is -2.14. The molecular weight excluding hydrogens is 392 g/mol. The van der Waals surface area contributed by atoms with Crippen molar-refractivity contribution in [3.8, 4) is 22.9 Å². The fraction of sp³-hybridized carbons (Fsp3) is 0.292. The smallest absolute Gasteiger partial charge is 0.238 e. The molecule has 3 rings (SSSR count). The molecule has 0 radical (unpaired) electrons. The SMILES string of the molecule is CC(=O)Cc1cccc(-c2ccc(Oc3cncc(CCCN(C)C(C)=O)n3)cc2)n1. The summed E-state index contributed by atoms with van der Waals surface area (Å²) in [5.74, 6) is 1.20. The molecule has 0 atom stereocenters. The predicted octanol–water partition coefficient (Wildman–Crippen LogP) is 3.87.